The molecule has 0 saturated carbocycles. The number of nitrogen functional groups attached to an aromatic ring is 1. The summed E-state index contributed by atoms with van der Waals surface area (Å²) in [4.78, 5) is 0. The van der Waals surface area contributed by atoms with Gasteiger partial charge in [-0.2, -0.15) is 0 Å². The Morgan fingerprint density at radius 2 is 1.67 bits per heavy atom. The maximum absolute atomic E-state index is 10.8. The lowest BCUT2D eigenvalue weighted by Crippen LogP contribution is -2.10. The molecule has 0 atom stereocenters. The topological polar surface area (TPSA) is 104 Å². The van der Waals surface area contributed by atoms with E-state index < -0.39 is 7.67 Å². The Bertz CT molecular complexity index is 305. The molecule has 0 aliphatic rings. The van der Waals surface area contributed by atoms with Gasteiger partial charge in [0.05, 0.1) is 0 Å². The van der Waals surface area contributed by atoms with E-state index >= 15 is 0 Å². The molecule has 0 radical (unpaired) electrons. The lowest BCUT2D eigenvalue weighted by atomic mass is 10.3. The lowest BCUT2D eigenvalue weighted by Gasteiger charge is -2.08. The molecule has 6 heteroatoms. The molecular weight excluding hydrogens is 177 g/mol. The van der Waals surface area contributed by atoms with E-state index in [-0.39, 0.29) is 0 Å². The van der Waals surface area contributed by atoms with Crippen molar-refractivity contribution >= 4 is 13.4 Å². The van der Waals surface area contributed by atoms with Gasteiger partial charge in [-0.25, -0.2) is 15.6 Å². The quantitative estimate of drug-likeness (QED) is 0.466. The molecule has 12 heavy (non-hydrogen) atoms. The van der Waals surface area contributed by atoms with Gasteiger partial charge in [-0.15, -0.1) is 0 Å². The maximum Gasteiger partial charge on any atom is 0.385 e. The van der Waals surface area contributed by atoms with Gasteiger partial charge in [0.2, 0.25) is 0 Å². The number of nitrogens with two attached hydrogens (primary N) is 3. The molecule has 0 aliphatic heterocycles. The van der Waals surface area contributed by atoms with Gasteiger partial charge >= 0.3 is 7.67 Å². The highest BCUT2D eigenvalue weighted by Crippen LogP contribution is 2.30. The molecule has 5 nitrogen and oxygen atoms in total. The van der Waals surface area contributed by atoms with Crippen molar-refractivity contribution in [3.05, 3.63) is 24.3 Å². The standard InChI is InChI=1S/C6H10N3O2P/c7-5-1-3-6(4-2-5)11-12(8,9)10/h1-4H,7H2,(H4,8,9,10). The van der Waals surface area contributed by atoms with Gasteiger partial charge in [0.15, 0.2) is 0 Å². The third-order valence-electron chi connectivity index (χ3n) is 1.13. The maximum atomic E-state index is 10.8. The summed E-state index contributed by atoms with van der Waals surface area (Å²) in [5.74, 6) is 0.345. The molecule has 1 rings (SSSR count). The van der Waals surface area contributed by atoms with E-state index in [0.717, 1.165) is 0 Å². The average Bonchev–Trinajstić information content (AvgIpc) is 1.91. The lowest BCUT2D eigenvalue weighted by molar-refractivity contribution is 0.484. The van der Waals surface area contributed by atoms with E-state index in [1.807, 2.05) is 0 Å². The highest BCUT2D eigenvalue weighted by Gasteiger charge is 2.09. The van der Waals surface area contributed by atoms with Crippen molar-refractivity contribution in [3.63, 3.8) is 0 Å². The highest BCUT2D eigenvalue weighted by molar-refractivity contribution is 7.54. The molecular formula is C6H10N3O2P. The SMILES string of the molecule is Nc1ccc(OP(N)(N)=O)cc1. The van der Waals surface area contributed by atoms with Crippen molar-refractivity contribution in [3.8, 4) is 5.75 Å². The summed E-state index contributed by atoms with van der Waals surface area (Å²) in [5.41, 5.74) is 16.0. The smallest absolute Gasteiger partial charge is 0.385 e. The number of benzene rings is 1. The first kappa shape index (κ1) is 9.06. The van der Waals surface area contributed by atoms with Crippen LogP contribution in [-0.4, -0.2) is 0 Å². The van der Waals surface area contributed by atoms with E-state index in [2.05, 4.69) is 0 Å². The van der Waals surface area contributed by atoms with Crippen LogP contribution < -0.4 is 21.3 Å². The molecule has 6 N–H and O–H groups in total. The van der Waals surface area contributed by atoms with E-state index in [9.17, 15) is 4.57 Å². The fourth-order valence-electron chi connectivity index (χ4n) is 0.693. The van der Waals surface area contributed by atoms with Gasteiger partial charge < -0.3 is 10.3 Å². The summed E-state index contributed by atoms with van der Waals surface area (Å²) in [6.45, 7) is 0. The van der Waals surface area contributed by atoms with Crippen molar-refractivity contribution in [1.29, 1.82) is 0 Å². The molecule has 66 valence electrons. The summed E-state index contributed by atoms with van der Waals surface area (Å²) in [6.07, 6.45) is 0. The molecule has 0 aromatic heterocycles. The fourth-order valence-corrected chi connectivity index (χ4v) is 1.14. The van der Waals surface area contributed by atoms with Crippen LogP contribution in [0.2, 0.25) is 0 Å². The first-order valence-corrected chi connectivity index (χ1v) is 4.96. The van der Waals surface area contributed by atoms with Crippen LogP contribution in [0.5, 0.6) is 5.75 Å². The summed E-state index contributed by atoms with van der Waals surface area (Å²) in [5, 5.41) is 0. The van der Waals surface area contributed by atoms with Crippen molar-refractivity contribution in [1.82, 2.24) is 0 Å². The van der Waals surface area contributed by atoms with E-state index in [1.165, 1.54) is 0 Å². The average molecular weight is 187 g/mol. The molecule has 0 fully saturated rings. The molecule has 0 spiro atoms. The zero-order valence-corrected chi connectivity index (χ0v) is 7.20. The second kappa shape index (κ2) is 3.15. The zero-order valence-electron chi connectivity index (χ0n) is 6.31. The van der Waals surface area contributed by atoms with Crippen LogP contribution in [0, 0.1) is 0 Å². The van der Waals surface area contributed by atoms with E-state index in [0.29, 0.717) is 11.4 Å². The van der Waals surface area contributed by atoms with E-state index in [4.69, 9.17) is 21.3 Å². The number of hydrogen-bond donors (Lipinski definition) is 3. The van der Waals surface area contributed by atoms with Gasteiger partial charge in [0, 0.05) is 5.69 Å². The Hall–Kier alpha value is -1.03. The molecule has 0 bridgehead atoms. The normalized spacial score (nSPS) is 11.2. The first-order valence-electron chi connectivity index (χ1n) is 3.20. The van der Waals surface area contributed by atoms with Gasteiger partial charge in [0.1, 0.15) is 5.75 Å². The van der Waals surface area contributed by atoms with Gasteiger partial charge in [0.25, 0.3) is 0 Å². The Kier molecular flexibility index (Phi) is 2.38. The minimum absolute atomic E-state index is 0.345. The molecule has 0 unspecified atom stereocenters. The summed E-state index contributed by atoms with van der Waals surface area (Å²) >= 11 is 0. The Morgan fingerprint density at radius 1 is 1.17 bits per heavy atom. The van der Waals surface area contributed by atoms with Crippen molar-refractivity contribution in [2.75, 3.05) is 5.73 Å². The molecule has 0 heterocycles. The second-order valence-corrected chi connectivity index (χ2v) is 3.78. The molecule has 1 aromatic carbocycles. The minimum Gasteiger partial charge on any atom is -0.422 e. The predicted molar refractivity (Wildman–Crippen MR) is 47.5 cm³/mol. The molecule has 0 saturated heterocycles. The van der Waals surface area contributed by atoms with Crippen LogP contribution >= 0.6 is 7.67 Å². The van der Waals surface area contributed by atoms with Crippen LogP contribution in [0.3, 0.4) is 0 Å². The van der Waals surface area contributed by atoms with Crippen molar-refractivity contribution in [2.24, 2.45) is 11.0 Å². The van der Waals surface area contributed by atoms with Gasteiger partial charge in [-0.1, -0.05) is 0 Å². The van der Waals surface area contributed by atoms with E-state index in [1.54, 1.807) is 24.3 Å². The van der Waals surface area contributed by atoms with Crippen LogP contribution in [0.25, 0.3) is 0 Å². The van der Waals surface area contributed by atoms with Crippen LogP contribution in [0.1, 0.15) is 0 Å². The van der Waals surface area contributed by atoms with Crippen molar-refractivity contribution in [2.45, 2.75) is 0 Å². The van der Waals surface area contributed by atoms with Gasteiger partial charge in [-0.3, -0.25) is 0 Å². The zero-order chi connectivity index (χ0) is 9.19. The Morgan fingerprint density at radius 3 is 2.08 bits per heavy atom. The summed E-state index contributed by atoms with van der Waals surface area (Å²) in [7, 11) is -3.44. The van der Waals surface area contributed by atoms with Crippen LogP contribution in [0.15, 0.2) is 24.3 Å². The molecule has 1 aromatic rings. The Labute approximate surface area is 70.1 Å². The number of hydrogen-bond acceptors (Lipinski definition) is 3. The molecule has 0 aliphatic carbocycles. The molecule has 0 amide bonds. The van der Waals surface area contributed by atoms with Crippen molar-refractivity contribution < 1.29 is 9.09 Å². The third kappa shape index (κ3) is 2.92. The number of rotatable bonds is 2. The Balaban J connectivity index is 2.78. The van der Waals surface area contributed by atoms with Gasteiger partial charge in [-0.05, 0) is 24.3 Å². The highest BCUT2D eigenvalue weighted by atomic mass is 31.2. The monoisotopic (exact) mass is 187 g/mol. The van der Waals surface area contributed by atoms with Crippen LogP contribution in [-0.2, 0) is 4.57 Å². The largest absolute Gasteiger partial charge is 0.422 e. The summed E-state index contributed by atoms with van der Waals surface area (Å²) in [6, 6.07) is 6.29. The predicted octanol–water partition coefficient (Wildman–Crippen LogP) is 0.673. The first-order chi connectivity index (χ1) is 5.47. The second-order valence-electron chi connectivity index (χ2n) is 2.31. The fraction of sp³-hybridized carbons (Fsp3) is 0. The third-order valence-corrected chi connectivity index (χ3v) is 1.62. The van der Waals surface area contributed by atoms with Crippen LogP contribution in [0.4, 0.5) is 5.69 Å². The summed E-state index contributed by atoms with van der Waals surface area (Å²) < 4.78 is 15.5. The minimum atomic E-state index is -3.44. The number of anilines is 1.